The molecule has 1 saturated carbocycles. The highest BCUT2D eigenvalue weighted by Gasteiger charge is 2.19. The lowest BCUT2D eigenvalue weighted by Gasteiger charge is -2.07. The fourth-order valence-electron chi connectivity index (χ4n) is 2.60. The van der Waals surface area contributed by atoms with Crippen LogP contribution in [0.1, 0.15) is 23.3 Å². The third-order valence-corrected chi connectivity index (χ3v) is 4.78. The lowest BCUT2D eigenvalue weighted by atomic mass is 10.1. The van der Waals surface area contributed by atoms with Crippen LogP contribution in [0.15, 0.2) is 48.0 Å². The Morgan fingerprint density at radius 2 is 2.15 bits per heavy atom. The van der Waals surface area contributed by atoms with Crippen LogP contribution in [-0.2, 0) is 13.1 Å². The van der Waals surface area contributed by atoms with Crippen LogP contribution in [0.5, 0.6) is 0 Å². The molecule has 1 aromatic carbocycles. The van der Waals surface area contributed by atoms with Gasteiger partial charge in [0, 0.05) is 29.2 Å². The van der Waals surface area contributed by atoms with Crippen LogP contribution >= 0.6 is 11.3 Å². The zero-order chi connectivity index (χ0) is 13.4. The van der Waals surface area contributed by atoms with Crippen molar-refractivity contribution in [3.8, 4) is 0 Å². The number of benzene rings is 1. The maximum Gasteiger partial charge on any atom is 0.0569 e. The predicted octanol–water partition coefficient (Wildman–Crippen LogP) is 4.00. The normalized spacial score (nSPS) is 15.0. The molecule has 0 atom stereocenters. The molecule has 2 nitrogen and oxygen atoms in total. The second kappa shape index (κ2) is 5.08. The van der Waals surface area contributed by atoms with E-state index in [1.807, 2.05) is 11.3 Å². The van der Waals surface area contributed by atoms with E-state index in [0.29, 0.717) is 0 Å². The maximum atomic E-state index is 3.59. The molecule has 102 valence electrons. The van der Waals surface area contributed by atoms with E-state index in [1.165, 1.54) is 34.2 Å². The fraction of sp³-hybridized carbons (Fsp3) is 0.294. The van der Waals surface area contributed by atoms with Crippen molar-refractivity contribution in [3.05, 3.63) is 58.4 Å². The molecule has 1 aliphatic rings. The summed E-state index contributed by atoms with van der Waals surface area (Å²) in [5, 5.41) is 7.06. The molecule has 0 saturated heterocycles. The van der Waals surface area contributed by atoms with Gasteiger partial charge in [0.15, 0.2) is 0 Å². The lowest BCUT2D eigenvalue weighted by Crippen LogP contribution is -2.15. The molecule has 0 bridgehead atoms. The average molecular weight is 282 g/mol. The van der Waals surface area contributed by atoms with E-state index in [2.05, 4.69) is 57.9 Å². The summed E-state index contributed by atoms with van der Waals surface area (Å²) in [7, 11) is 0. The standard InChI is InChI=1S/C17H18N2S/c1-2-16(20-9-1)12-19-8-7-14-4-3-13(10-17(14)19)11-18-15-5-6-15/h1-4,7-10,15,18H,5-6,11-12H2. The minimum atomic E-state index is 0.767. The zero-order valence-corrected chi connectivity index (χ0v) is 12.2. The van der Waals surface area contributed by atoms with Crippen LogP contribution in [0, 0.1) is 0 Å². The van der Waals surface area contributed by atoms with Gasteiger partial charge in [0.1, 0.15) is 0 Å². The van der Waals surface area contributed by atoms with Crippen LogP contribution in [0.25, 0.3) is 10.9 Å². The van der Waals surface area contributed by atoms with E-state index in [4.69, 9.17) is 0 Å². The molecule has 1 aliphatic carbocycles. The van der Waals surface area contributed by atoms with E-state index in [9.17, 15) is 0 Å². The Labute approximate surface area is 123 Å². The minimum Gasteiger partial charge on any atom is -0.342 e. The third-order valence-electron chi connectivity index (χ3n) is 3.92. The van der Waals surface area contributed by atoms with Gasteiger partial charge >= 0.3 is 0 Å². The lowest BCUT2D eigenvalue weighted by molar-refractivity contribution is 0.688. The van der Waals surface area contributed by atoms with Crippen LogP contribution in [0.3, 0.4) is 0 Å². The van der Waals surface area contributed by atoms with Crippen LogP contribution < -0.4 is 5.32 Å². The Hall–Kier alpha value is -1.58. The molecule has 4 rings (SSSR count). The van der Waals surface area contributed by atoms with Gasteiger partial charge in [-0.3, -0.25) is 0 Å². The summed E-state index contributed by atoms with van der Waals surface area (Å²) in [6.07, 6.45) is 4.89. The van der Waals surface area contributed by atoms with Crippen LogP contribution in [-0.4, -0.2) is 10.6 Å². The second-order valence-corrected chi connectivity index (χ2v) is 6.60. The monoisotopic (exact) mass is 282 g/mol. The Kier molecular flexibility index (Phi) is 3.09. The number of hydrogen-bond acceptors (Lipinski definition) is 2. The van der Waals surface area contributed by atoms with Gasteiger partial charge in [-0.2, -0.15) is 0 Å². The fourth-order valence-corrected chi connectivity index (χ4v) is 3.30. The Bertz CT molecular complexity index is 708. The molecular weight excluding hydrogens is 264 g/mol. The smallest absolute Gasteiger partial charge is 0.0569 e. The second-order valence-electron chi connectivity index (χ2n) is 5.57. The molecule has 0 spiro atoms. The first-order valence-electron chi connectivity index (χ1n) is 7.22. The van der Waals surface area contributed by atoms with Crippen LogP contribution in [0.2, 0.25) is 0 Å². The zero-order valence-electron chi connectivity index (χ0n) is 11.4. The van der Waals surface area contributed by atoms with Gasteiger partial charge in [0.05, 0.1) is 6.54 Å². The number of aromatic nitrogens is 1. The number of nitrogens with zero attached hydrogens (tertiary/aromatic N) is 1. The number of thiophene rings is 1. The van der Waals surface area contributed by atoms with Crippen LogP contribution in [0.4, 0.5) is 0 Å². The van der Waals surface area contributed by atoms with Gasteiger partial charge in [-0.05, 0) is 47.4 Å². The number of nitrogens with one attached hydrogen (secondary N) is 1. The summed E-state index contributed by atoms with van der Waals surface area (Å²) in [5.74, 6) is 0. The molecule has 2 aromatic heterocycles. The molecular formula is C17H18N2S. The van der Waals surface area contributed by atoms with Crippen molar-refractivity contribution in [3.63, 3.8) is 0 Å². The van der Waals surface area contributed by atoms with Crippen molar-refractivity contribution in [2.75, 3.05) is 0 Å². The van der Waals surface area contributed by atoms with E-state index in [-0.39, 0.29) is 0 Å². The summed E-state index contributed by atoms with van der Waals surface area (Å²) in [4.78, 5) is 1.41. The number of fused-ring (bicyclic) bond motifs is 1. The van der Waals surface area contributed by atoms with E-state index >= 15 is 0 Å². The summed E-state index contributed by atoms with van der Waals surface area (Å²) in [5.41, 5.74) is 2.73. The first kappa shape index (κ1) is 12.2. The highest BCUT2D eigenvalue weighted by Crippen LogP contribution is 2.22. The van der Waals surface area contributed by atoms with Gasteiger partial charge in [-0.1, -0.05) is 18.2 Å². The first-order chi connectivity index (χ1) is 9.88. The van der Waals surface area contributed by atoms with Gasteiger partial charge in [-0.25, -0.2) is 0 Å². The van der Waals surface area contributed by atoms with Crippen molar-refractivity contribution in [1.82, 2.24) is 9.88 Å². The Balaban J connectivity index is 1.61. The number of rotatable bonds is 5. The molecule has 0 radical (unpaired) electrons. The molecule has 3 aromatic rings. The van der Waals surface area contributed by atoms with E-state index < -0.39 is 0 Å². The van der Waals surface area contributed by atoms with Crippen molar-refractivity contribution >= 4 is 22.2 Å². The molecule has 0 aliphatic heterocycles. The van der Waals surface area contributed by atoms with Gasteiger partial charge in [0.2, 0.25) is 0 Å². The van der Waals surface area contributed by atoms with Crippen molar-refractivity contribution in [2.24, 2.45) is 0 Å². The van der Waals surface area contributed by atoms with Crippen molar-refractivity contribution in [2.45, 2.75) is 32.0 Å². The first-order valence-corrected chi connectivity index (χ1v) is 8.10. The summed E-state index contributed by atoms with van der Waals surface area (Å²) < 4.78 is 2.35. The topological polar surface area (TPSA) is 17.0 Å². The summed E-state index contributed by atoms with van der Waals surface area (Å²) in [6.45, 7) is 1.96. The molecule has 1 N–H and O–H groups in total. The van der Waals surface area contributed by atoms with Gasteiger partial charge in [-0.15, -0.1) is 11.3 Å². The highest BCUT2D eigenvalue weighted by molar-refractivity contribution is 7.09. The molecule has 3 heteroatoms. The van der Waals surface area contributed by atoms with Crippen molar-refractivity contribution in [1.29, 1.82) is 0 Å². The van der Waals surface area contributed by atoms with Crippen molar-refractivity contribution < 1.29 is 0 Å². The largest absolute Gasteiger partial charge is 0.342 e. The Morgan fingerprint density at radius 1 is 1.20 bits per heavy atom. The molecule has 0 unspecified atom stereocenters. The molecule has 1 fully saturated rings. The molecule has 2 heterocycles. The molecule has 20 heavy (non-hydrogen) atoms. The SMILES string of the molecule is c1csc(Cn2ccc3ccc(CNC4CC4)cc32)c1. The average Bonchev–Trinajstić information content (AvgIpc) is 3.01. The summed E-state index contributed by atoms with van der Waals surface area (Å²) in [6, 6.07) is 14.1. The number of hydrogen-bond donors (Lipinski definition) is 1. The Morgan fingerprint density at radius 3 is 2.95 bits per heavy atom. The summed E-state index contributed by atoms with van der Waals surface area (Å²) >= 11 is 1.82. The van der Waals surface area contributed by atoms with E-state index in [1.54, 1.807) is 0 Å². The highest BCUT2D eigenvalue weighted by atomic mass is 32.1. The quantitative estimate of drug-likeness (QED) is 0.748. The van der Waals surface area contributed by atoms with Gasteiger partial charge in [0.25, 0.3) is 0 Å². The van der Waals surface area contributed by atoms with E-state index in [0.717, 1.165) is 19.1 Å². The minimum absolute atomic E-state index is 0.767. The van der Waals surface area contributed by atoms with Gasteiger partial charge < -0.3 is 9.88 Å². The molecule has 0 amide bonds. The maximum absolute atomic E-state index is 3.59. The predicted molar refractivity (Wildman–Crippen MR) is 85.2 cm³/mol. The third kappa shape index (κ3) is 2.51.